The van der Waals surface area contributed by atoms with Crippen LogP contribution in [0.4, 0.5) is 0 Å². The van der Waals surface area contributed by atoms with Crippen LogP contribution in [-0.2, 0) is 40.6 Å². The molecule has 1 saturated heterocycles. The molecule has 0 bridgehead atoms. The van der Waals surface area contributed by atoms with Crippen LogP contribution in [0.15, 0.2) is 128 Å². The van der Waals surface area contributed by atoms with Crippen LogP contribution in [0.5, 0.6) is 5.75 Å². The van der Waals surface area contributed by atoms with Crippen molar-refractivity contribution in [2.45, 2.75) is 57.1 Å². The normalized spacial score (nSPS) is 20.7. The highest BCUT2D eigenvalue weighted by Gasteiger charge is 2.45. The van der Waals surface area contributed by atoms with Crippen molar-refractivity contribution in [3.05, 3.63) is 150 Å². The van der Waals surface area contributed by atoms with E-state index in [-0.39, 0.29) is 24.4 Å². The Morgan fingerprint density at radius 3 is 1.64 bits per heavy atom. The maximum Gasteiger partial charge on any atom is 0.118 e. The lowest BCUT2D eigenvalue weighted by atomic mass is 9.90. The zero-order valence-electron chi connectivity index (χ0n) is 24.4. The number of piperidine rings is 1. The second kappa shape index (κ2) is 15.5. The highest BCUT2D eigenvalue weighted by atomic mass is 16.6. The van der Waals surface area contributed by atoms with E-state index in [2.05, 4.69) is 60.0 Å². The topological polar surface area (TPSA) is 40.2 Å². The summed E-state index contributed by atoms with van der Waals surface area (Å²) in [4.78, 5) is 2.47. The predicted molar refractivity (Wildman–Crippen MR) is 167 cm³/mol. The van der Waals surface area contributed by atoms with Crippen molar-refractivity contribution in [1.29, 1.82) is 0 Å². The molecule has 1 aliphatic heterocycles. The van der Waals surface area contributed by atoms with Crippen molar-refractivity contribution in [3.8, 4) is 5.75 Å². The molecule has 0 N–H and O–H groups in total. The van der Waals surface area contributed by atoms with E-state index in [4.69, 9.17) is 18.9 Å². The minimum absolute atomic E-state index is 0.0608. The van der Waals surface area contributed by atoms with Crippen LogP contribution in [0, 0.1) is 0 Å². The maximum absolute atomic E-state index is 6.81. The van der Waals surface area contributed by atoms with Crippen LogP contribution in [0.1, 0.15) is 28.7 Å². The molecule has 0 radical (unpaired) electrons. The number of rotatable bonds is 14. The minimum atomic E-state index is -0.269. The first-order valence-electron chi connectivity index (χ1n) is 14.7. The van der Waals surface area contributed by atoms with Crippen molar-refractivity contribution in [2.24, 2.45) is 0 Å². The lowest BCUT2D eigenvalue weighted by Crippen LogP contribution is -2.62. The zero-order valence-corrected chi connectivity index (χ0v) is 24.4. The molecule has 4 aromatic carbocycles. The van der Waals surface area contributed by atoms with Gasteiger partial charge in [-0.3, -0.25) is 4.90 Å². The van der Waals surface area contributed by atoms with E-state index in [0.717, 1.165) is 35.4 Å². The van der Waals surface area contributed by atoms with E-state index in [9.17, 15) is 0 Å². The zero-order chi connectivity index (χ0) is 29.0. The average molecular weight is 564 g/mol. The third kappa shape index (κ3) is 8.17. The van der Waals surface area contributed by atoms with Crippen molar-refractivity contribution in [3.63, 3.8) is 0 Å². The first-order valence-corrected chi connectivity index (χ1v) is 14.7. The summed E-state index contributed by atoms with van der Waals surface area (Å²) in [6.07, 6.45) is 2.05. The van der Waals surface area contributed by atoms with Gasteiger partial charge in [0, 0.05) is 19.1 Å². The molecule has 5 nitrogen and oxygen atoms in total. The van der Waals surface area contributed by atoms with E-state index in [1.165, 1.54) is 5.56 Å². The molecule has 4 aromatic rings. The van der Waals surface area contributed by atoms with E-state index in [1.807, 2.05) is 72.8 Å². The minimum Gasteiger partial charge on any atom is -0.497 e. The van der Waals surface area contributed by atoms with Crippen LogP contribution in [0.3, 0.4) is 0 Å². The van der Waals surface area contributed by atoms with Gasteiger partial charge in [0.25, 0.3) is 0 Å². The molecule has 0 spiro atoms. The predicted octanol–water partition coefficient (Wildman–Crippen LogP) is 7.21. The molecule has 5 rings (SSSR count). The van der Waals surface area contributed by atoms with Crippen molar-refractivity contribution in [1.82, 2.24) is 4.90 Å². The number of hydrogen-bond acceptors (Lipinski definition) is 5. The first kappa shape index (κ1) is 29.7. The highest BCUT2D eigenvalue weighted by Crippen LogP contribution is 2.32. The van der Waals surface area contributed by atoms with Gasteiger partial charge >= 0.3 is 0 Å². The fourth-order valence-corrected chi connectivity index (χ4v) is 5.58. The second-order valence-corrected chi connectivity index (χ2v) is 10.7. The molecule has 0 saturated carbocycles. The molecule has 4 atom stereocenters. The van der Waals surface area contributed by atoms with Gasteiger partial charge in [-0.25, -0.2) is 0 Å². The van der Waals surface area contributed by atoms with E-state index in [1.54, 1.807) is 7.11 Å². The standard InChI is InChI=1S/C37H41NO4/c1-3-13-34-36(41-27-31-16-9-5-10-17-31)37(42-28-32-18-11-6-12-19-32)35(40-26-30-14-7-4-8-15-30)25-38(34)24-29-20-22-33(39-2)23-21-29/h3-12,14-23,34-37H,1,13,24-28H2,2H3/t34-,35-,36+,37+/m1/s1. The molecule has 0 aromatic heterocycles. The Bertz CT molecular complexity index is 1330. The molecule has 0 aliphatic carbocycles. The molecule has 1 fully saturated rings. The molecule has 0 amide bonds. The summed E-state index contributed by atoms with van der Waals surface area (Å²) in [5.74, 6) is 0.850. The van der Waals surface area contributed by atoms with Gasteiger partial charge in [-0.1, -0.05) is 109 Å². The number of nitrogens with zero attached hydrogens (tertiary/aromatic N) is 1. The summed E-state index contributed by atoms with van der Waals surface area (Å²) >= 11 is 0. The molecule has 5 heteroatoms. The number of hydrogen-bond donors (Lipinski definition) is 0. The summed E-state index contributed by atoms with van der Waals surface area (Å²) in [5.41, 5.74) is 4.60. The summed E-state index contributed by atoms with van der Waals surface area (Å²) in [6, 6.07) is 39.3. The van der Waals surface area contributed by atoms with E-state index in [0.29, 0.717) is 26.4 Å². The number of methoxy groups -OCH3 is 1. The van der Waals surface area contributed by atoms with Crippen LogP contribution >= 0.6 is 0 Å². The fraction of sp³-hybridized carbons (Fsp3) is 0.297. The third-order valence-electron chi connectivity index (χ3n) is 7.78. The average Bonchev–Trinajstić information content (AvgIpc) is 3.05. The summed E-state index contributed by atoms with van der Waals surface area (Å²) in [7, 11) is 1.69. The lowest BCUT2D eigenvalue weighted by molar-refractivity contribution is -0.204. The Hall–Kier alpha value is -3.74. The van der Waals surface area contributed by atoms with E-state index >= 15 is 0 Å². The van der Waals surface area contributed by atoms with Crippen LogP contribution in [-0.4, -0.2) is 42.9 Å². The summed E-state index contributed by atoms with van der Waals surface area (Å²) in [6.45, 7) is 7.06. The SMILES string of the molecule is C=CC[C@@H]1[C@H](OCc2ccccc2)[C@@H](OCc2ccccc2)[C@H](OCc2ccccc2)CN1Cc1ccc(OC)cc1. The van der Waals surface area contributed by atoms with Crippen molar-refractivity contribution < 1.29 is 18.9 Å². The second-order valence-electron chi connectivity index (χ2n) is 10.7. The molecular weight excluding hydrogens is 522 g/mol. The van der Waals surface area contributed by atoms with Gasteiger partial charge in [0.2, 0.25) is 0 Å². The summed E-state index contributed by atoms with van der Waals surface area (Å²) < 4.78 is 25.6. The van der Waals surface area contributed by atoms with Crippen LogP contribution in [0.25, 0.3) is 0 Å². The molecule has 42 heavy (non-hydrogen) atoms. The lowest BCUT2D eigenvalue weighted by Gasteiger charge is -2.48. The van der Waals surface area contributed by atoms with Crippen LogP contribution in [0.2, 0.25) is 0 Å². The van der Waals surface area contributed by atoms with Gasteiger partial charge < -0.3 is 18.9 Å². The van der Waals surface area contributed by atoms with Gasteiger partial charge in [0.15, 0.2) is 0 Å². The highest BCUT2D eigenvalue weighted by molar-refractivity contribution is 5.27. The molecule has 1 heterocycles. The smallest absolute Gasteiger partial charge is 0.118 e. The van der Waals surface area contributed by atoms with Crippen molar-refractivity contribution in [2.75, 3.05) is 13.7 Å². The Labute approximate surface area is 250 Å². The molecule has 218 valence electrons. The number of benzene rings is 4. The Balaban J connectivity index is 1.45. The first-order chi connectivity index (χ1) is 20.7. The Morgan fingerprint density at radius 1 is 0.643 bits per heavy atom. The quantitative estimate of drug-likeness (QED) is 0.152. The van der Waals surface area contributed by atoms with Crippen LogP contribution < -0.4 is 4.74 Å². The van der Waals surface area contributed by atoms with Gasteiger partial charge in [-0.15, -0.1) is 6.58 Å². The number of likely N-dealkylation sites (tertiary alicyclic amines) is 1. The molecule has 1 aliphatic rings. The fourth-order valence-electron chi connectivity index (χ4n) is 5.58. The van der Waals surface area contributed by atoms with Gasteiger partial charge in [0.1, 0.15) is 18.0 Å². The van der Waals surface area contributed by atoms with Gasteiger partial charge in [-0.2, -0.15) is 0 Å². The van der Waals surface area contributed by atoms with Gasteiger partial charge in [-0.05, 0) is 40.8 Å². The largest absolute Gasteiger partial charge is 0.497 e. The van der Waals surface area contributed by atoms with E-state index < -0.39 is 0 Å². The van der Waals surface area contributed by atoms with Crippen molar-refractivity contribution >= 4 is 0 Å². The molecular formula is C37H41NO4. The van der Waals surface area contributed by atoms with Gasteiger partial charge in [0.05, 0.1) is 33.0 Å². The molecule has 0 unspecified atom stereocenters. The monoisotopic (exact) mass is 563 g/mol. The Kier molecular flexibility index (Phi) is 11.0. The third-order valence-corrected chi connectivity index (χ3v) is 7.78. The summed E-state index contributed by atoms with van der Waals surface area (Å²) in [5, 5.41) is 0. The number of ether oxygens (including phenoxy) is 4. The Morgan fingerprint density at radius 2 is 1.14 bits per heavy atom. The maximum atomic E-state index is 6.81.